The summed E-state index contributed by atoms with van der Waals surface area (Å²) in [6, 6.07) is 5.69. The van der Waals surface area contributed by atoms with Crippen LogP contribution in [-0.2, 0) is 9.53 Å². The standard InChI is InChI=1S/C15H18O4/c1-3-18-14(17)8-7-11-9-13(16)12-6-4-5-10(2)15(12)19-11/h4-8,11,13,16H,3,9H2,1-2H3/b8-7+/t11-,13-/m1/s1. The van der Waals surface area contributed by atoms with Crippen LogP contribution in [0.4, 0.5) is 0 Å². The minimum Gasteiger partial charge on any atom is -0.486 e. The summed E-state index contributed by atoms with van der Waals surface area (Å²) in [7, 11) is 0. The van der Waals surface area contributed by atoms with Gasteiger partial charge in [0.1, 0.15) is 11.9 Å². The Morgan fingerprint density at radius 3 is 3.11 bits per heavy atom. The predicted molar refractivity (Wildman–Crippen MR) is 70.9 cm³/mol. The first kappa shape index (κ1) is 13.6. The lowest BCUT2D eigenvalue weighted by Crippen LogP contribution is -2.24. The number of hydrogen-bond donors (Lipinski definition) is 1. The second-order valence-electron chi connectivity index (χ2n) is 4.51. The summed E-state index contributed by atoms with van der Waals surface area (Å²) in [6.07, 6.45) is 2.54. The van der Waals surface area contributed by atoms with Gasteiger partial charge in [-0.15, -0.1) is 0 Å². The summed E-state index contributed by atoms with van der Waals surface area (Å²) in [5.41, 5.74) is 1.78. The molecule has 2 atom stereocenters. The quantitative estimate of drug-likeness (QED) is 0.671. The summed E-state index contributed by atoms with van der Waals surface area (Å²) >= 11 is 0. The van der Waals surface area contributed by atoms with E-state index in [0.29, 0.717) is 18.8 Å². The minimum atomic E-state index is -0.569. The minimum absolute atomic E-state index is 0.312. The van der Waals surface area contributed by atoms with Crippen LogP contribution in [0.1, 0.15) is 30.6 Å². The summed E-state index contributed by atoms with van der Waals surface area (Å²) in [5, 5.41) is 10.1. The predicted octanol–water partition coefficient (Wildman–Crippen LogP) is 2.30. The molecule has 0 saturated heterocycles. The lowest BCUT2D eigenvalue weighted by molar-refractivity contribution is -0.137. The summed E-state index contributed by atoms with van der Waals surface area (Å²) < 4.78 is 10.6. The third-order valence-electron chi connectivity index (χ3n) is 3.06. The van der Waals surface area contributed by atoms with E-state index < -0.39 is 12.1 Å². The molecule has 1 aromatic carbocycles. The van der Waals surface area contributed by atoms with Crippen molar-refractivity contribution in [1.82, 2.24) is 0 Å². The van der Waals surface area contributed by atoms with Crippen molar-refractivity contribution in [3.05, 3.63) is 41.5 Å². The van der Waals surface area contributed by atoms with Gasteiger partial charge in [0, 0.05) is 18.1 Å². The van der Waals surface area contributed by atoms with Gasteiger partial charge in [0.05, 0.1) is 12.7 Å². The van der Waals surface area contributed by atoms with E-state index in [-0.39, 0.29) is 6.10 Å². The maximum Gasteiger partial charge on any atom is 0.330 e. The molecule has 1 aromatic rings. The molecule has 0 unspecified atom stereocenters. The van der Waals surface area contributed by atoms with Crippen molar-refractivity contribution in [2.75, 3.05) is 6.61 Å². The van der Waals surface area contributed by atoms with E-state index in [1.54, 1.807) is 13.0 Å². The van der Waals surface area contributed by atoms with Crippen LogP contribution >= 0.6 is 0 Å². The number of rotatable bonds is 3. The Kier molecular flexibility index (Phi) is 4.22. The number of para-hydroxylation sites is 1. The van der Waals surface area contributed by atoms with E-state index in [0.717, 1.165) is 11.1 Å². The normalized spacial score (nSPS) is 21.8. The molecule has 0 radical (unpaired) electrons. The average Bonchev–Trinajstić information content (AvgIpc) is 2.38. The number of hydrogen-bond acceptors (Lipinski definition) is 4. The van der Waals surface area contributed by atoms with Crippen LogP contribution in [-0.4, -0.2) is 23.8 Å². The fourth-order valence-corrected chi connectivity index (χ4v) is 2.14. The zero-order valence-electron chi connectivity index (χ0n) is 11.1. The van der Waals surface area contributed by atoms with Gasteiger partial charge in [-0.05, 0) is 25.5 Å². The van der Waals surface area contributed by atoms with Crippen molar-refractivity contribution in [2.45, 2.75) is 32.5 Å². The van der Waals surface area contributed by atoms with Crippen LogP contribution in [0.3, 0.4) is 0 Å². The van der Waals surface area contributed by atoms with Crippen molar-refractivity contribution < 1.29 is 19.4 Å². The van der Waals surface area contributed by atoms with E-state index in [9.17, 15) is 9.90 Å². The van der Waals surface area contributed by atoms with Crippen LogP contribution in [0.25, 0.3) is 0 Å². The van der Waals surface area contributed by atoms with E-state index >= 15 is 0 Å². The highest BCUT2D eigenvalue weighted by Gasteiger charge is 2.26. The number of esters is 1. The topological polar surface area (TPSA) is 55.8 Å². The third-order valence-corrected chi connectivity index (χ3v) is 3.06. The molecule has 1 aliphatic heterocycles. The third kappa shape index (κ3) is 3.15. The average molecular weight is 262 g/mol. The summed E-state index contributed by atoms with van der Waals surface area (Å²) in [4.78, 5) is 11.3. The number of aryl methyl sites for hydroxylation is 1. The van der Waals surface area contributed by atoms with Crippen LogP contribution in [0.5, 0.6) is 5.75 Å². The second-order valence-corrected chi connectivity index (χ2v) is 4.51. The molecular weight excluding hydrogens is 244 g/mol. The van der Waals surface area contributed by atoms with Gasteiger partial charge in [-0.1, -0.05) is 18.2 Å². The SMILES string of the molecule is CCOC(=O)/C=C/[C@@H]1C[C@@H](O)c2cccc(C)c2O1. The smallest absolute Gasteiger partial charge is 0.330 e. The molecule has 2 rings (SSSR count). The number of fused-ring (bicyclic) bond motifs is 1. The molecule has 4 heteroatoms. The van der Waals surface area contributed by atoms with Gasteiger partial charge in [0.25, 0.3) is 0 Å². The zero-order valence-corrected chi connectivity index (χ0v) is 11.1. The number of benzene rings is 1. The van der Waals surface area contributed by atoms with Crippen LogP contribution in [0, 0.1) is 6.92 Å². The molecule has 0 saturated carbocycles. The number of aliphatic hydroxyl groups excluding tert-OH is 1. The Hall–Kier alpha value is -1.81. The molecule has 1 N–H and O–H groups in total. The zero-order chi connectivity index (χ0) is 13.8. The molecular formula is C15H18O4. The largest absolute Gasteiger partial charge is 0.486 e. The van der Waals surface area contributed by atoms with Gasteiger partial charge in [-0.3, -0.25) is 0 Å². The Bertz CT molecular complexity index is 493. The van der Waals surface area contributed by atoms with Crippen LogP contribution < -0.4 is 4.74 Å². The molecule has 0 aliphatic carbocycles. The van der Waals surface area contributed by atoms with E-state index in [1.165, 1.54) is 6.08 Å². The first-order chi connectivity index (χ1) is 9.11. The molecule has 0 bridgehead atoms. The number of aliphatic hydroxyl groups is 1. The Balaban J connectivity index is 2.12. The maximum atomic E-state index is 11.3. The number of carbonyl (C=O) groups excluding carboxylic acids is 1. The van der Waals surface area contributed by atoms with Gasteiger partial charge < -0.3 is 14.6 Å². The molecule has 1 aliphatic rings. The van der Waals surface area contributed by atoms with Gasteiger partial charge in [-0.2, -0.15) is 0 Å². The van der Waals surface area contributed by atoms with E-state index in [2.05, 4.69) is 0 Å². The monoisotopic (exact) mass is 262 g/mol. The van der Waals surface area contributed by atoms with Crippen LogP contribution in [0.15, 0.2) is 30.4 Å². The van der Waals surface area contributed by atoms with Crippen molar-refractivity contribution in [3.63, 3.8) is 0 Å². The van der Waals surface area contributed by atoms with Gasteiger partial charge >= 0.3 is 5.97 Å². The number of ether oxygens (including phenoxy) is 2. The Morgan fingerprint density at radius 2 is 2.37 bits per heavy atom. The van der Waals surface area contributed by atoms with Gasteiger partial charge in [0.2, 0.25) is 0 Å². The molecule has 4 nitrogen and oxygen atoms in total. The Morgan fingerprint density at radius 1 is 1.58 bits per heavy atom. The molecule has 0 spiro atoms. The first-order valence-electron chi connectivity index (χ1n) is 6.41. The highest BCUT2D eigenvalue weighted by molar-refractivity contribution is 5.81. The van der Waals surface area contributed by atoms with E-state index in [4.69, 9.17) is 9.47 Å². The lowest BCUT2D eigenvalue weighted by Gasteiger charge is -2.29. The van der Waals surface area contributed by atoms with Crippen molar-refractivity contribution in [3.8, 4) is 5.75 Å². The molecule has 102 valence electrons. The van der Waals surface area contributed by atoms with Crippen LogP contribution in [0.2, 0.25) is 0 Å². The van der Waals surface area contributed by atoms with Crippen molar-refractivity contribution in [1.29, 1.82) is 0 Å². The maximum absolute atomic E-state index is 11.3. The molecule has 0 fully saturated rings. The van der Waals surface area contributed by atoms with Crippen molar-refractivity contribution >= 4 is 5.97 Å². The van der Waals surface area contributed by atoms with E-state index in [1.807, 2.05) is 25.1 Å². The lowest BCUT2D eigenvalue weighted by atomic mass is 9.96. The fraction of sp³-hybridized carbons (Fsp3) is 0.400. The fourth-order valence-electron chi connectivity index (χ4n) is 2.14. The first-order valence-corrected chi connectivity index (χ1v) is 6.41. The van der Waals surface area contributed by atoms with Gasteiger partial charge in [-0.25, -0.2) is 4.79 Å². The molecule has 0 aromatic heterocycles. The summed E-state index contributed by atoms with van der Waals surface area (Å²) in [6.45, 7) is 4.04. The second kappa shape index (κ2) is 5.89. The number of carbonyl (C=O) groups is 1. The molecule has 19 heavy (non-hydrogen) atoms. The molecule has 0 amide bonds. The van der Waals surface area contributed by atoms with Crippen molar-refractivity contribution in [2.24, 2.45) is 0 Å². The summed E-state index contributed by atoms with van der Waals surface area (Å²) in [5.74, 6) is 0.316. The highest BCUT2D eigenvalue weighted by atomic mass is 16.5. The highest BCUT2D eigenvalue weighted by Crippen LogP contribution is 2.37. The molecule has 1 heterocycles. The van der Waals surface area contributed by atoms with Gasteiger partial charge in [0.15, 0.2) is 0 Å². The Labute approximate surface area is 112 Å².